The lowest BCUT2D eigenvalue weighted by Gasteiger charge is -2.23. The molecule has 0 aliphatic carbocycles. The van der Waals surface area contributed by atoms with Crippen molar-refractivity contribution in [1.82, 2.24) is 24.6 Å². The van der Waals surface area contributed by atoms with Crippen LogP contribution in [0.15, 0.2) is 36.9 Å². The monoisotopic (exact) mass is 356 g/mol. The molecule has 0 atom stereocenters. The number of nitrogens with zero attached hydrogens (tertiary/aromatic N) is 6. The number of benzene rings is 1. The van der Waals surface area contributed by atoms with Crippen molar-refractivity contribution in [2.24, 2.45) is 7.05 Å². The van der Waals surface area contributed by atoms with Crippen LogP contribution in [0.1, 0.15) is 12.0 Å². The Morgan fingerprint density at radius 3 is 2.88 bits per heavy atom. The van der Waals surface area contributed by atoms with E-state index in [9.17, 15) is 0 Å². The maximum absolute atomic E-state index is 6.09. The maximum atomic E-state index is 6.09. The molecule has 0 N–H and O–H groups in total. The molecule has 1 aromatic carbocycles. The Bertz CT molecular complexity index is 877. The van der Waals surface area contributed by atoms with Gasteiger partial charge in [-0.2, -0.15) is 5.10 Å². The third-order valence-electron chi connectivity index (χ3n) is 4.63. The Morgan fingerprint density at radius 2 is 2.04 bits per heavy atom. The molecule has 2 aromatic heterocycles. The first-order valence-corrected chi connectivity index (χ1v) is 8.92. The van der Waals surface area contributed by atoms with Gasteiger partial charge in [0, 0.05) is 61.9 Å². The highest BCUT2D eigenvalue weighted by molar-refractivity contribution is 6.31. The van der Waals surface area contributed by atoms with Crippen molar-refractivity contribution in [2.45, 2.75) is 13.0 Å². The Hall–Kier alpha value is -2.18. The Kier molecular flexibility index (Phi) is 4.55. The number of fused-ring (bicyclic) bond motifs is 1. The zero-order valence-corrected chi connectivity index (χ0v) is 15.0. The van der Waals surface area contributed by atoms with Crippen LogP contribution in [0.5, 0.6) is 0 Å². The molecule has 1 saturated heterocycles. The fraction of sp³-hybridized carbons (Fsp3) is 0.389. The van der Waals surface area contributed by atoms with Gasteiger partial charge < -0.3 is 4.90 Å². The smallest absolute Gasteiger partial charge is 0.139 e. The molecule has 3 heterocycles. The van der Waals surface area contributed by atoms with Gasteiger partial charge in [-0.3, -0.25) is 9.58 Å². The van der Waals surface area contributed by atoms with Crippen molar-refractivity contribution in [1.29, 1.82) is 0 Å². The predicted molar refractivity (Wildman–Crippen MR) is 99.9 cm³/mol. The lowest BCUT2D eigenvalue weighted by Crippen LogP contribution is -2.31. The fourth-order valence-electron chi connectivity index (χ4n) is 3.42. The van der Waals surface area contributed by atoms with Gasteiger partial charge in [-0.05, 0) is 24.6 Å². The summed E-state index contributed by atoms with van der Waals surface area (Å²) in [6, 6.07) is 5.82. The van der Waals surface area contributed by atoms with E-state index in [0.717, 1.165) is 55.9 Å². The average Bonchev–Trinajstić information content (AvgIpc) is 2.87. The van der Waals surface area contributed by atoms with E-state index in [2.05, 4.69) is 31.1 Å². The van der Waals surface area contributed by atoms with Gasteiger partial charge in [0.05, 0.1) is 11.7 Å². The summed E-state index contributed by atoms with van der Waals surface area (Å²) < 4.78 is 1.86. The summed E-state index contributed by atoms with van der Waals surface area (Å²) in [7, 11) is 1.96. The minimum absolute atomic E-state index is 0.704. The molecule has 0 saturated carbocycles. The van der Waals surface area contributed by atoms with Crippen LogP contribution < -0.4 is 4.90 Å². The van der Waals surface area contributed by atoms with Gasteiger partial charge in [-0.15, -0.1) is 0 Å². The lowest BCUT2D eigenvalue weighted by molar-refractivity contribution is 0.285. The van der Waals surface area contributed by atoms with Crippen LogP contribution in [0.4, 0.5) is 5.82 Å². The third kappa shape index (κ3) is 3.60. The van der Waals surface area contributed by atoms with Crippen molar-refractivity contribution >= 4 is 28.3 Å². The summed E-state index contributed by atoms with van der Waals surface area (Å²) in [5, 5.41) is 6.03. The van der Waals surface area contributed by atoms with Crippen molar-refractivity contribution < 1.29 is 0 Å². The molecule has 1 aliphatic rings. The van der Waals surface area contributed by atoms with E-state index < -0.39 is 0 Å². The van der Waals surface area contributed by atoms with Crippen LogP contribution >= 0.6 is 11.6 Å². The largest absolute Gasteiger partial charge is 0.355 e. The molecule has 0 spiro atoms. The van der Waals surface area contributed by atoms with Crippen molar-refractivity contribution in [3.05, 3.63) is 47.5 Å². The van der Waals surface area contributed by atoms with Gasteiger partial charge in [0.2, 0.25) is 0 Å². The SMILES string of the molecule is Cn1cc(CN2CCCN(c3ncnc4cc(Cl)ccc34)CC2)cn1. The van der Waals surface area contributed by atoms with Crippen LogP contribution in [0, 0.1) is 0 Å². The van der Waals surface area contributed by atoms with Crippen molar-refractivity contribution in [3.63, 3.8) is 0 Å². The molecule has 3 aromatic rings. The number of aromatic nitrogens is 4. The number of anilines is 1. The van der Waals surface area contributed by atoms with Crippen molar-refractivity contribution in [2.75, 3.05) is 31.1 Å². The number of halogens is 1. The molecular formula is C18H21ClN6. The van der Waals surface area contributed by atoms with E-state index in [4.69, 9.17) is 11.6 Å². The summed E-state index contributed by atoms with van der Waals surface area (Å²) in [4.78, 5) is 13.8. The van der Waals surface area contributed by atoms with Gasteiger partial charge >= 0.3 is 0 Å². The summed E-state index contributed by atoms with van der Waals surface area (Å²) in [6.07, 6.45) is 6.78. The highest BCUT2D eigenvalue weighted by Crippen LogP contribution is 2.26. The second-order valence-electron chi connectivity index (χ2n) is 6.50. The topological polar surface area (TPSA) is 50.1 Å². The summed E-state index contributed by atoms with van der Waals surface area (Å²) in [6.45, 7) is 4.99. The maximum Gasteiger partial charge on any atom is 0.139 e. The molecule has 1 fully saturated rings. The first-order chi connectivity index (χ1) is 12.2. The predicted octanol–water partition coefficient (Wildman–Crippen LogP) is 2.73. The van der Waals surface area contributed by atoms with Gasteiger partial charge in [-0.1, -0.05) is 11.6 Å². The number of hydrogen-bond acceptors (Lipinski definition) is 5. The van der Waals surface area contributed by atoms with Crippen LogP contribution in [-0.2, 0) is 13.6 Å². The minimum Gasteiger partial charge on any atom is -0.355 e. The first-order valence-electron chi connectivity index (χ1n) is 8.54. The highest BCUT2D eigenvalue weighted by Gasteiger charge is 2.18. The third-order valence-corrected chi connectivity index (χ3v) is 4.87. The molecule has 6 nitrogen and oxygen atoms in total. The molecule has 4 rings (SSSR count). The highest BCUT2D eigenvalue weighted by atomic mass is 35.5. The van der Waals surface area contributed by atoms with E-state index in [1.54, 1.807) is 6.33 Å². The van der Waals surface area contributed by atoms with Gasteiger partial charge in [-0.25, -0.2) is 9.97 Å². The van der Waals surface area contributed by atoms with Crippen molar-refractivity contribution in [3.8, 4) is 0 Å². The van der Waals surface area contributed by atoms with Gasteiger partial charge in [0.15, 0.2) is 0 Å². The Morgan fingerprint density at radius 1 is 1.12 bits per heavy atom. The quantitative estimate of drug-likeness (QED) is 0.722. The summed E-state index contributed by atoms with van der Waals surface area (Å²) in [5.74, 6) is 1.00. The minimum atomic E-state index is 0.704. The molecule has 0 amide bonds. The zero-order chi connectivity index (χ0) is 17.2. The Labute approximate surface area is 152 Å². The normalized spacial score (nSPS) is 16.3. The number of aryl methyl sites for hydroxylation is 1. The number of hydrogen-bond donors (Lipinski definition) is 0. The van der Waals surface area contributed by atoms with E-state index in [0.29, 0.717) is 5.02 Å². The van der Waals surface area contributed by atoms with Crippen LogP contribution in [0.25, 0.3) is 10.9 Å². The molecule has 25 heavy (non-hydrogen) atoms. The first kappa shape index (κ1) is 16.3. The molecular weight excluding hydrogens is 336 g/mol. The second-order valence-corrected chi connectivity index (χ2v) is 6.93. The van der Waals surface area contributed by atoms with Crippen LogP contribution in [0.3, 0.4) is 0 Å². The standard InChI is InChI=1S/C18H21ClN6/c1-23-11-14(10-22-23)12-24-5-2-6-25(8-7-24)18-16-4-3-15(19)9-17(16)20-13-21-18/h3-4,9-11,13H,2,5-8,12H2,1H3. The average molecular weight is 357 g/mol. The number of rotatable bonds is 3. The van der Waals surface area contributed by atoms with E-state index in [-0.39, 0.29) is 0 Å². The Balaban J connectivity index is 1.51. The molecule has 0 radical (unpaired) electrons. The molecule has 7 heteroatoms. The van der Waals surface area contributed by atoms with E-state index >= 15 is 0 Å². The zero-order valence-electron chi connectivity index (χ0n) is 14.3. The van der Waals surface area contributed by atoms with Crippen LogP contribution in [0.2, 0.25) is 5.02 Å². The molecule has 130 valence electrons. The van der Waals surface area contributed by atoms with E-state index in [1.807, 2.05) is 36.1 Å². The summed E-state index contributed by atoms with van der Waals surface area (Å²) in [5.41, 5.74) is 2.16. The lowest BCUT2D eigenvalue weighted by atomic mass is 10.2. The van der Waals surface area contributed by atoms with Gasteiger partial charge in [0.1, 0.15) is 12.1 Å². The summed E-state index contributed by atoms with van der Waals surface area (Å²) >= 11 is 6.09. The van der Waals surface area contributed by atoms with Gasteiger partial charge in [0.25, 0.3) is 0 Å². The fourth-order valence-corrected chi connectivity index (χ4v) is 3.59. The molecule has 0 bridgehead atoms. The molecule has 1 aliphatic heterocycles. The molecule has 0 unspecified atom stereocenters. The second kappa shape index (κ2) is 6.98. The van der Waals surface area contributed by atoms with Crippen LogP contribution in [-0.4, -0.2) is 50.8 Å². The van der Waals surface area contributed by atoms with E-state index in [1.165, 1.54) is 5.56 Å².